The number of hydrogen-bond acceptors (Lipinski definition) is 4. The third-order valence-electron chi connectivity index (χ3n) is 2.94. The maximum Gasteiger partial charge on any atom is 0.228 e. The van der Waals surface area contributed by atoms with E-state index >= 15 is 0 Å². The van der Waals surface area contributed by atoms with Crippen LogP contribution in [0.25, 0.3) is 11.0 Å². The molecular weight excluding hydrogens is 264 g/mol. The molecule has 6 heteroatoms. The minimum absolute atomic E-state index is 0. The van der Waals surface area contributed by atoms with Crippen molar-refractivity contribution in [1.29, 1.82) is 0 Å². The number of anilines is 1. The summed E-state index contributed by atoms with van der Waals surface area (Å²) in [5, 5.41) is 2.83. The highest BCUT2D eigenvalue weighted by Crippen LogP contribution is 2.16. The fourth-order valence-electron chi connectivity index (χ4n) is 1.54. The van der Waals surface area contributed by atoms with Gasteiger partial charge in [0.25, 0.3) is 0 Å². The first-order valence-corrected chi connectivity index (χ1v) is 5.85. The molecule has 102 valence electrons. The Hall–Kier alpha value is -1.72. The van der Waals surface area contributed by atoms with E-state index in [4.69, 9.17) is 5.73 Å². The van der Waals surface area contributed by atoms with Crippen molar-refractivity contribution in [3.63, 3.8) is 0 Å². The summed E-state index contributed by atoms with van der Waals surface area (Å²) in [6.45, 7) is 3.62. The Balaban J connectivity index is 0.00000180. The van der Waals surface area contributed by atoms with Gasteiger partial charge in [-0.05, 0) is 25.1 Å². The van der Waals surface area contributed by atoms with Crippen LogP contribution in [0.15, 0.2) is 30.6 Å². The van der Waals surface area contributed by atoms with Gasteiger partial charge < -0.3 is 11.1 Å². The van der Waals surface area contributed by atoms with Crippen LogP contribution in [0.5, 0.6) is 0 Å². The molecule has 0 saturated heterocycles. The molecule has 0 bridgehead atoms. The summed E-state index contributed by atoms with van der Waals surface area (Å²) in [7, 11) is 0. The molecule has 2 rings (SSSR count). The molecule has 0 aliphatic carbocycles. The van der Waals surface area contributed by atoms with Gasteiger partial charge in [0.1, 0.15) is 0 Å². The summed E-state index contributed by atoms with van der Waals surface area (Å²) in [6.07, 6.45) is 3.26. The maximum absolute atomic E-state index is 11.9. The summed E-state index contributed by atoms with van der Waals surface area (Å²) in [4.78, 5) is 20.2. The number of carbonyl (C=O) groups is 1. The zero-order valence-electron chi connectivity index (χ0n) is 10.8. The van der Waals surface area contributed by atoms with Crippen molar-refractivity contribution in [2.24, 2.45) is 11.7 Å². The molecule has 1 amide bonds. The molecule has 2 unspecified atom stereocenters. The molecule has 0 saturated carbocycles. The van der Waals surface area contributed by atoms with Crippen LogP contribution in [0.2, 0.25) is 0 Å². The van der Waals surface area contributed by atoms with Crippen LogP contribution in [0.4, 0.5) is 5.69 Å². The second-order valence-corrected chi connectivity index (χ2v) is 4.40. The van der Waals surface area contributed by atoms with E-state index in [-0.39, 0.29) is 30.3 Å². The maximum atomic E-state index is 11.9. The number of carbonyl (C=O) groups excluding carboxylic acids is 1. The van der Waals surface area contributed by atoms with Crippen LogP contribution in [0.1, 0.15) is 13.8 Å². The van der Waals surface area contributed by atoms with Crippen LogP contribution < -0.4 is 11.1 Å². The smallest absolute Gasteiger partial charge is 0.228 e. The van der Waals surface area contributed by atoms with E-state index in [0.29, 0.717) is 5.69 Å². The number of hydrogen-bond donors (Lipinski definition) is 2. The molecule has 0 spiro atoms. The van der Waals surface area contributed by atoms with Gasteiger partial charge in [-0.15, -0.1) is 12.4 Å². The van der Waals surface area contributed by atoms with Crippen LogP contribution in [0.3, 0.4) is 0 Å². The molecule has 5 nitrogen and oxygen atoms in total. The molecule has 0 aliphatic rings. The van der Waals surface area contributed by atoms with Crippen molar-refractivity contribution < 1.29 is 4.79 Å². The molecule has 0 aliphatic heterocycles. The third kappa shape index (κ3) is 3.62. The van der Waals surface area contributed by atoms with Gasteiger partial charge in [-0.3, -0.25) is 14.8 Å². The Morgan fingerprint density at radius 3 is 2.47 bits per heavy atom. The number of benzene rings is 1. The highest BCUT2D eigenvalue weighted by molar-refractivity contribution is 5.94. The van der Waals surface area contributed by atoms with Gasteiger partial charge in [0.2, 0.25) is 5.91 Å². The predicted molar refractivity (Wildman–Crippen MR) is 78.2 cm³/mol. The summed E-state index contributed by atoms with van der Waals surface area (Å²) < 4.78 is 0. The Morgan fingerprint density at radius 2 is 1.84 bits per heavy atom. The summed E-state index contributed by atoms with van der Waals surface area (Å²) in [5.41, 5.74) is 7.96. The first kappa shape index (κ1) is 15.3. The molecule has 1 aromatic carbocycles. The second kappa shape index (κ2) is 6.45. The van der Waals surface area contributed by atoms with Crippen LogP contribution >= 0.6 is 12.4 Å². The Kier molecular flexibility index (Phi) is 5.20. The second-order valence-electron chi connectivity index (χ2n) is 4.40. The largest absolute Gasteiger partial charge is 0.327 e. The van der Waals surface area contributed by atoms with E-state index in [9.17, 15) is 4.79 Å². The first-order valence-electron chi connectivity index (χ1n) is 5.85. The Labute approximate surface area is 118 Å². The average molecular weight is 281 g/mol. The number of nitrogens with one attached hydrogen (secondary N) is 1. The minimum atomic E-state index is -0.234. The van der Waals surface area contributed by atoms with E-state index in [1.807, 2.05) is 19.1 Å². The molecule has 2 aromatic rings. The number of fused-ring (bicyclic) bond motifs is 1. The number of rotatable bonds is 3. The van der Waals surface area contributed by atoms with Crippen LogP contribution in [-0.2, 0) is 4.79 Å². The summed E-state index contributed by atoms with van der Waals surface area (Å²) in [5.74, 6) is -0.323. The monoisotopic (exact) mass is 280 g/mol. The predicted octanol–water partition coefficient (Wildman–Crippen LogP) is 1.97. The lowest BCUT2D eigenvalue weighted by atomic mass is 10.0. The average Bonchev–Trinajstić information content (AvgIpc) is 2.37. The number of aromatic nitrogens is 2. The van der Waals surface area contributed by atoms with Crippen LogP contribution in [-0.4, -0.2) is 21.9 Å². The Bertz CT molecular complexity index is 573. The quantitative estimate of drug-likeness (QED) is 0.901. The standard InChI is InChI=1S/C13H16N4O.ClH/c1-8(9(2)14)13(18)17-10-3-4-11-12(7-10)16-6-5-15-11;/h3-9H,14H2,1-2H3,(H,17,18);1H. The fourth-order valence-corrected chi connectivity index (χ4v) is 1.54. The summed E-state index contributed by atoms with van der Waals surface area (Å²) in [6, 6.07) is 5.26. The van der Waals surface area contributed by atoms with Gasteiger partial charge in [0.05, 0.1) is 17.0 Å². The van der Waals surface area contributed by atoms with Gasteiger partial charge in [-0.2, -0.15) is 0 Å². The number of amides is 1. The lowest BCUT2D eigenvalue weighted by Gasteiger charge is -2.15. The van der Waals surface area contributed by atoms with Crippen molar-refractivity contribution in [3.05, 3.63) is 30.6 Å². The van der Waals surface area contributed by atoms with Crippen molar-refractivity contribution in [2.45, 2.75) is 19.9 Å². The molecular formula is C13H17ClN4O. The molecule has 0 fully saturated rings. The van der Waals surface area contributed by atoms with Gasteiger partial charge in [0.15, 0.2) is 0 Å². The topological polar surface area (TPSA) is 80.9 Å². The number of nitrogens with zero attached hydrogens (tertiary/aromatic N) is 2. The number of halogens is 1. The van der Waals surface area contributed by atoms with Gasteiger partial charge >= 0.3 is 0 Å². The zero-order valence-corrected chi connectivity index (χ0v) is 11.6. The number of nitrogens with two attached hydrogens (primary N) is 1. The molecule has 1 heterocycles. The zero-order chi connectivity index (χ0) is 13.1. The van der Waals surface area contributed by atoms with Crippen molar-refractivity contribution >= 4 is 35.0 Å². The molecule has 19 heavy (non-hydrogen) atoms. The van der Waals surface area contributed by atoms with E-state index in [1.54, 1.807) is 25.4 Å². The van der Waals surface area contributed by atoms with Gasteiger partial charge in [-0.1, -0.05) is 6.92 Å². The van der Waals surface area contributed by atoms with Crippen molar-refractivity contribution in [2.75, 3.05) is 5.32 Å². The molecule has 2 atom stereocenters. The van der Waals surface area contributed by atoms with Gasteiger partial charge in [-0.25, -0.2) is 0 Å². The minimum Gasteiger partial charge on any atom is -0.327 e. The lowest BCUT2D eigenvalue weighted by Crippen LogP contribution is -2.34. The van der Waals surface area contributed by atoms with Crippen molar-refractivity contribution in [3.8, 4) is 0 Å². The molecule has 1 aromatic heterocycles. The fraction of sp³-hybridized carbons (Fsp3) is 0.308. The van der Waals surface area contributed by atoms with E-state index in [0.717, 1.165) is 11.0 Å². The first-order chi connectivity index (χ1) is 8.58. The van der Waals surface area contributed by atoms with E-state index in [2.05, 4.69) is 15.3 Å². The third-order valence-corrected chi connectivity index (χ3v) is 2.94. The molecule has 3 N–H and O–H groups in total. The van der Waals surface area contributed by atoms with Gasteiger partial charge in [0, 0.05) is 24.1 Å². The van der Waals surface area contributed by atoms with E-state index < -0.39 is 0 Å². The van der Waals surface area contributed by atoms with E-state index in [1.165, 1.54) is 0 Å². The van der Waals surface area contributed by atoms with Crippen LogP contribution in [0, 0.1) is 5.92 Å². The SMILES string of the molecule is CC(N)C(C)C(=O)Nc1ccc2nccnc2c1.Cl. The Morgan fingerprint density at radius 1 is 1.21 bits per heavy atom. The highest BCUT2D eigenvalue weighted by Gasteiger charge is 2.17. The molecule has 0 radical (unpaired) electrons. The lowest BCUT2D eigenvalue weighted by molar-refractivity contribution is -0.119. The van der Waals surface area contributed by atoms with Crippen molar-refractivity contribution in [1.82, 2.24) is 9.97 Å². The summed E-state index contributed by atoms with van der Waals surface area (Å²) >= 11 is 0. The normalized spacial score (nSPS) is 13.4. The highest BCUT2D eigenvalue weighted by atomic mass is 35.5.